The van der Waals surface area contributed by atoms with Gasteiger partial charge in [0.2, 0.25) is 11.7 Å². The fourth-order valence-corrected chi connectivity index (χ4v) is 2.94. The zero-order valence-electron chi connectivity index (χ0n) is 14.0. The third-order valence-corrected chi connectivity index (χ3v) is 4.64. The summed E-state index contributed by atoms with van der Waals surface area (Å²) in [6.07, 6.45) is 1.17. The van der Waals surface area contributed by atoms with E-state index in [0.29, 0.717) is 24.3 Å². The van der Waals surface area contributed by atoms with Gasteiger partial charge in [-0.25, -0.2) is 0 Å². The van der Waals surface area contributed by atoms with Gasteiger partial charge in [-0.3, -0.25) is 14.9 Å². The minimum atomic E-state index is -0.955. The number of nitro benzene ring substituents is 1. The van der Waals surface area contributed by atoms with Crippen molar-refractivity contribution in [2.45, 2.75) is 18.3 Å². The van der Waals surface area contributed by atoms with E-state index >= 15 is 0 Å². The SMILES string of the molecule is O=C(Nc1ccc(F)c([N+](=O)[O-])c1)C1(c2cc(-c3ccccc3)on2)CC1. The van der Waals surface area contributed by atoms with Crippen LogP contribution < -0.4 is 5.32 Å². The number of nitro groups is 1. The normalized spacial score (nSPS) is 14.6. The lowest BCUT2D eigenvalue weighted by Gasteiger charge is -2.12. The lowest BCUT2D eigenvalue weighted by molar-refractivity contribution is -0.387. The van der Waals surface area contributed by atoms with E-state index in [4.69, 9.17) is 4.52 Å². The molecule has 136 valence electrons. The van der Waals surface area contributed by atoms with Crippen LogP contribution in [-0.2, 0) is 10.2 Å². The first-order chi connectivity index (χ1) is 13.0. The van der Waals surface area contributed by atoms with E-state index in [9.17, 15) is 19.3 Å². The molecule has 0 bridgehead atoms. The summed E-state index contributed by atoms with van der Waals surface area (Å²) >= 11 is 0. The molecule has 0 radical (unpaired) electrons. The zero-order valence-corrected chi connectivity index (χ0v) is 14.0. The maximum absolute atomic E-state index is 13.5. The average Bonchev–Trinajstić information content (AvgIpc) is 3.34. The Morgan fingerprint density at radius 3 is 2.59 bits per heavy atom. The maximum atomic E-state index is 13.5. The van der Waals surface area contributed by atoms with Gasteiger partial charge in [-0.1, -0.05) is 35.5 Å². The monoisotopic (exact) mass is 367 g/mol. The number of amides is 1. The number of hydrogen-bond donors (Lipinski definition) is 1. The van der Waals surface area contributed by atoms with Crippen LogP contribution in [-0.4, -0.2) is 16.0 Å². The van der Waals surface area contributed by atoms with Crippen molar-refractivity contribution in [2.75, 3.05) is 5.32 Å². The highest BCUT2D eigenvalue weighted by Gasteiger charge is 2.54. The molecule has 1 heterocycles. The van der Waals surface area contributed by atoms with Crippen molar-refractivity contribution in [3.63, 3.8) is 0 Å². The number of hydrogen-bond acceptors (Lipinski definition) is 5. The number of aromatic nitrogens is 1. The van der Waals surface area contributed by atoms with E-state index in [1.54, 1.807) is 6.07 Å². The molecular weight excluding hydrogens is 353 g/mol. The molecule has 7 nitrogen and oxygen atoms in total. The summed E-state index contributed by atoms with van der Waals surface area (Å²) in [7, 11) is 0. The Balaban J connectivity index is 1.57. The fourth-order valence-electron chi connectivity index (χ4n) is 2.94. The van der Waals surface area contributed by atoms with Gasteiger partial charge in [-0.05, 0) is 25.0 Å². The number of nitrogens with one attached hydrogen (secondary N) is 1. The van der Waals surface area contributed by atoms with E-state index in [2.05, 4.69) is 10.5 Å². The smallest absolute Gasteiger partial charge is 0.306 e. The van der Waals surface area contributed by atoms with Crippen molar-refractivity contribution >= 4 is 17.3 Å². The summed E-state index contributed by atoms with van der Waals surface area (Å²) < 4.78 is 18.8. The van der Waals surface area contributed by atoms with Gasteiger partial charge in [0.05, 0.1) is 16.0 Å². The second kappa shape index (κ2) is 6.31. The standard InChI is InChI=1S/C19H14FN3O4/c20-14-7-6-13(10-15(14)23(25)26)21-18(24)19(8-9-19)17-11-16(27-22-17)12-4-2-1-3-5-12/h1-7,10-11H,8-9H2,(H,21,24). The highest BCUT2D eigenvalue weighted by atomic mass is 19.1. The summed E-state index contributed by atoms with van der Waals surface area (Å²) in [5, 5.41) is 17.5. The Morgan fingerprint density at radius 2 is 1.93 bits per heavy atom. The molecule has 1 aromatic heterocycles. The molecule has 1 aliphatic rings. The molecule has 0 aliphatic heterocycles. The highest BCUT2D eigenvalue weighted by molar-refractivity contribution is 6.01. The Hall–Kier alpha value is -3.55. The maximum Gasteiger partial charge on any atom is 0.306 e. The van der Waals surface area contributed by atoms with Crippen LogP contribution in [0.4, 0.5) is 15.8 Å². The number of carbonyl (C=O) groups is 1. The van der Waals surface area contributed by atoms with Crippen molar-refractivity contribution in [2.24, 2.45) is 0 Å². The van der Waals surface area contributed by atoms with Crippen LogP contribution in [0.3, 0.4) is 0 Å². The second-order valence-corrected chi connectivity index (χ2v) is 6.40. The molecule has 1 fully saturated rings. The lowest BCUT2D eigenvalue weighted by Crippen LogP contribution is -2.28. The highest BCUT2D eigenvalue weighted by Crippen LogP contribution is 2.49. The summed E-state index contributed by atoms with van der Waals surface area (Å²) in [6.45, 7) is 0. The van der Waals surface area contributed by atoms with Crippen molar-refractivity contribution in [3.05, 3.63) is 76.2 Å². The number of rotatable bonds is 5. The Morgan fingerprint density at radius 1 is 1.19 bits per heavy atom. The van der Waals surface area contributed by atoms with E-state index < -0.39 is 21.8 Å². The van der Waals surface area contributed by atoms with Crippen LogP contribution in [0.25, 0.3) is 11.3 Å². The Labute approximate surface area is 152 Å². The van der Waals surface area contributed by atoms with Crippen molar-refractivity contribution in [3.8, 4) is 11.3 Å². The van der Waals surface area contributed by atoms with Crippen LogP contribution in [0.15, 0.2) is 59.1 Å². The minimum absolute atomic E-state index is 0.158. The first-order valence-corrected chi connectivity index (χ1v) is 8.28. The summed E-state index contributed by atoms with van der Waals surface area (Å²) in [4.78, 5) is 22.8. The van der Waals surface area contributed by atoms with Crippen LogP contribution in [0.1, 0.15) is 18.5 Å². The molecule has 1 amide bonds. The first kappa shape index (κ1) is 16.9. The van der Waals surface area contributed by atoms with Crippen molar-refractivity contribution in [1.82, 2.24) is 5.16 Å². The number of anilines is 1. The number of halogens is 1. The quantitative estimate of drug-likeness (QED) is 0.542. The van der Waals surface area contributed by atoms with Crippen LogP contribution in [0.5, 0.6) is 0 Å². The Kier molecular flexibility index (Phi) is 3.95. The summed E-state index contributed by atoms with van der Waals surface area (Å²) in [6, 6.07) is 14.4. The van der Waals surface area contributed by atoms with E-state index in [0.717, 1.165) is 17.7 Å². The molecule has 0 saturated heterocycles. The molecule has 3 aromatic rings. The largest absolute Gasteiger partial charge is 0.356 e. The van der Waals surface area contributed by atoms with Crippen LogP contribution in [0.2, 0.25) is 0 Å². The van der Waals surface area contributed by atoms with Gasteiger partial charge in [0.25, 0.3) is 0 Å². The molecular formula is C19H14FN3O4. The predicted molar refractivity (Wildman–Crippen MR) is 94.5 cm³/mol. The van der Waals surface area contributed by atoms with E-state index in [1.807, 2.05) is 30.3 Å². The van der Waals surface area contributed by atoms with Crippen molar-refractivity contribution < 1.29 is 18.6 Å². The Bertz CT molecular complexity index is 1030. The van der Waals surface area contributed by atoms with Gasteiger partial charge in [0, 0.05) is 23.4 Å². The third-order valence-electron chi connectivity index (χ3n) is 4.64. The van der Waals surface area contributed by atoms with Gasteiger partial charge in [0.15, 0.2) is 5.76 Å². The molecule has 0 unspecified atom stereocenters. The van der Waals surface area contributed by atoms with E-state index in [1.165, 1.54) is 6.07 Å². The van der Waals surface area contributed by atoms with E-state index in [-0.39, 0.29) is 11.6 Å². The molecule has 4 rings (SSSR count). The molecule has 27 heavy (non-hydrogen) atoms. The molecule has 8 heteroatoms. The molecule has 0 spiro atoms. The first-order valence-electron chi connectivity index (χ1n) is 8.28. The average molecular weight is 367 g/mol. The summed E-state index contributed by atoms with van der Waals surface area (Å²) in [5.74, 6) is -0.749. The molecule has 1 N–H and O–H groups in total. The topological polar surface area (TPSA) is 98.3 Å². The van der Waals surface area contributed by atoms with Gasteiger partial charge in [-0.15, -0.1) is 0 Å². The number of benzene rings is 2. The molecule has 2 aromatic carbocycles. The third kappa shape index (κ3) is 3.05. The number of nitrogens with zero attached hydrogens (tertiary/aromatic N) is 2. The molecule has 1 saturated carbocycles. The van der Waals surface area contributed by atoms with Gasteiger partial charge >= 0.3 is 5.69 Å². The van der Waals surface area contributed by atoms with Crippen LogP contribution >= 0.6 is 0 Å². The van der Waals surface area contributed by atoms with Crippen molar-refractivity contribution in [1.29, 1.82) is 0 Å². The zero-order chi connectivity index (χ0) is 19.0. The van der Waals surface area contributed by atoms with Gasteiger partial charge in [-0.2, -0.15) is 4.39 Å². The second-order valence-electron chi connectivity index (χ2n) is 6.40. The van der Waals surface area contributed by atoms with Gasteiger partial charge in [0.1, 0.15) is 0 Å². The minimum Gasteiger partial charge on any atom is -0.356 e. The van der Waals surface area contributed by atoms with Gasteiger partial charge < -0.3 is 9.84 Å². The fraction of sp³-hybridized carbons (Fsp3) is 0.158. The summed E-state index contributed by atoms with van der Waals surface area (Å²) in [5.41, 5.74) is -0.00615. The predicted octanol–water partition coefficient (Wildman–Crippen LogP) is 4.06. The molecule has 1 aliphatic carbocycles. The lowest BCUT2D eigenvalue weighted by atomic mass is 10.00. The molecule has 0 atom stereocenters. The number of carbonyl (C=O) groups excluding carboxylic acids is 1. The van der Waals surface area contributed by atoms with Crippen LogP contribution in [0, 0.1) is 15.9 Å².